The van der Waals surface area contributed by atoms with Crippen LogP contribution in [0.1, 0.15) is 16.7 Å². The summed E-state index contributed by atoms with van der Waals surface area (Å²) in [5, 5.41) is 22.0. The van der Waals surface area contributed by atoms with Crippen LogP contribution in [0.5, 0.6) is 17.2 Å². The van der Waals surface area contributed by atoms with Gasteiger partial charge in [0.1, 0.15) is 24.2 Å². The maximum Gasteiger partial charge on any atom is 0.307 e. The highest BCUT2D eigenvalue weighted by Crippen LogP contribution is 2.32. The molecule has 1 N–H and O–H groups in total. The van der Waals surface area contributed by atoms with Crippen molar-refractivity contribution in [2.24, 2.45) is 0 Å². The highest BCUT2D eigenvalue weighted by Gasteiger charge is 2.15. The minimum Gasteiger partial charge on any atom is -0.489 e. The summed E-state index contributed by atoms with van der Waals surface area (Å²) in [7, 11) is 0. The third kappa shape index (κ3) is 4.63. The Morgan fingerprint density at radius 2 is 2.07 bits per heavy atom. The first-order valence-corrected chi connectivity index (χ1v) is 8.86. The Morgan fingerprint density at radius 1 is 1.22 bits per heavy atom. The van der Waals surface area contributed by atoms with Crippen LogP contribution in [0, 0.1) is 17.1 Å². The van der Waals surface area contributed by atoms with Crippen LogP contribution in [0.2, 0.25) is 0 Å². The molecular weight excluding hydrogens is 369 g/mol. The first kappa shape index (κ1) is 18.4. The standard InChI is InChI=1S/C20H14FNO4S/c21-20-14(8-19(23)24)2-1-3-17(20)26-18-9-16(5-4-15(18)10-22)25-11-13-6-7-27-12-13/h1-7,9,12H,8,11H2,(H,23,24). The summed E-state index contributed by atoms with van der Waals surface area (Å²) in [6.07, 6.45) is -0.460. The van der Waals surface area contributed by atoms with E-state index in [1.165, 1.54) is 30.3 Å². The molecule has 0 saturated heterocycles. The highest BCUT2D eigenvalue weighted by atomic mass is 32.1. The second-order valence-electron chi connectivity index (χ2n) is 5.59. The van der Waals surface area contributed by atoms with E-state index < -0.39 is 18.2 Å². The molecular formula is C20H14FNO4S. The Labute approximate surface area is 158 Å². The SMILES string of the molecule is N#Cc1ccc(OCc2ccsc2)cc1Oc1cccc(CC(=O)O)c1F. The van der Waals surface area contributed by atoms with Gasteiger partial charge in [-0.1, -0.05) is 12.1 Å². The van der Waals surface area contributed by atoms with Crippen molar-refractivity contribution in [3.63, 3.8) is 0 Å². The van der Waals surface area contributed by atoms with E-state index in [0.29, 0.717) is 12.4 Å². The van der Waals surface area contributed by atoms with Crippen molar-refractivity contribution in [3.05, 3.63) is 75.7 Å². The molecule has 27 heavy (non-hydrogen) atoms. The molecule has 0 spiro atoms. The van der Waals surface area contributed by atoms with Gasteiger partial charge in [-0.2, -0.15) is 16.6 Å². The van der Waals surface area contributed by atoms with Gasteiger partial charge >= 0.3 is 5.97 Å². The molecule has 0 amide bonds. The monoisotopic (exact) mass is 383 g/mol. The molecule has 3 aromatic rings. The topological polar surface area (TPSA) is 79.5 Å². The molecule has 2 aromatic carbocycles. The molecule has 1 heterocycles. The molecule has 0 radical (unpaired) electrons. The largest absolute Gasteiger partial charge is 0.489 e. The van der Waals surface area contributed by atoms with E-state index in [0.717, 1.165) is 5.56 Å². The lowest BCUT2D eigenvalue weighted by atomic mass is 10.1. The number of carboxylic acid groups (broad SMARTS) is 1. The average molecular weight is 383 g/mol. The second-order valence-corrected chi connectivity index (χ2v) is 6.37. The number of hydrogen-bond donors (Lipinski definition) is 1. The number of ether oxygens (including phenoxy) is 2. The lowest BCUT2D eigenvalue weighted by Crippen LogP contribution is -2.03. The number of aliphatic carboxylic acids is 1. The van der Waals surface area contributed by atoms with Crippen LogP contribution in [0.25, 0.3) is 0 Å². The molecule has 5 nitrogen and oxygen atoms in total. The Kier molecular flexibility index (Phi) is 5.69. The lowest BCUT2D eigenvalue weighted by Gasteiger charge is -2.12. The molecule has 0 bridgehead atoms. The van der Waals surface area contributed by atoms with E-state index in [1.54, 1.807) is 17.4 Å². The van der Waals surface area contributed by atoms with Crippen LogP contribution >= 0.6 is 11.3 Å². The third-order valence-electron chi connectivity index (χ3n) is 3.66. The summed E-state index contributed by atoms with van der Waals surface area (Å²) in [5.41, 5.74) is 1.23. The molecule has 136 valence electrons. The molecule has 0 atom stereocenters. The predicted molar refractivity (Wildman–Crippen MR) is 97.6 cm³/mol. The fourth-order valence-electron chi connectivity index (χ4n) is 2.36. The van der Waals surface area contributed by atoms with Crippen LogP contribution in [0.4, 0.5) is 4.39 Å². The van der Waals surface area contributed by atoms with Crippen molar-refractivity contribution in [2.45, 2.75) is 13.0 Å². The zero-order chi connectivity index (χ0) is 19.2. The van der Waals surface area contributed by atoms with Gasteiger partial charge in [0.25, 0.3) is 0 Å². The van der Waals surface area contributed by atoms with Crippen molar-refractivity contribution < 1.29 is 23.8 Å². The van der Waals surface area contributed by atoms with Crippen LogP contribution in [0.3, 0.4) is 0 Å². The van der Waals surface area contributed by atoms with Gasteiger partial charge in [-0.15, -0.1) is 0 Å². The van der Waals surface area contributed by atoms with Crippen LogP contribution in [0.15, 0.2) is 53.2 Å². The molecule has 7 heteroatoms. The van der Waals surface area contributed by atoms with E-state index in [2.05, 4.69) is 0 Å². The summed E-state index contributed by atoms with van der Waals surface area (Å²) in [6, 6.07) is 12.8. The Bertz CT molecular complexity index is 996. The molecule has 0 aliphatic rings. The van der Waals surface area contributed by atoms with Gasteiger partial charge in [-0.3, -0.25) is 4.79 Å². The summed E-state index contributed by atoms with van der Waals surface area (Å²) >= 11 is 1.56. The number of carboxylic acids is 1. The summed E-state index contributed by atoms with van der Waals surface area (Å²) in [6.45, 7) is 0.358. The fraction of sp³-hybridized carbons (Fsp3) is 0.100. The maximum absolute atomic E-state index is 14.5. The van der Waals surface area contributed by atoms with Gasteiger partial charge in [0.15, 0.2) is 11.6 Å². The lowest BCUT2D eigenvalue weighted by molar-refractivity contribution is -0.136. The number of thiophene rings is 1. The number of hydrogen-bond acceptors (Lipinski definition) is 5. The van der Waals surface area contributed by atoms with Gasteiger partial charge in [0.2, 0.25) is 0 Å². The summed E-state index contributed by atoms with van der Waals surface area (Å²) in [5.74, 6) is -1.47. The molecule has 0 aliphatic heterocycles. The van der Waals surface area contributed by atoms with Crippen molar-refractivity contribution >= 4 is 17.3 Å². The maximum atomic E-state index is 14.5. The minimum absolute atomic E-state index is 0.00312. The average Bonchev–Trinajstić information content (AvgIpc) is 3.17. The van der Waals surface area contributed by atoms with Gasteiger partial charge in [-0.25, -0.2) is 4.39 Å². The van der Waals surface area contributed by atoms with E-state index in [9.17, 15) is 14.4 Å². The van der Waals surface area contributed by atoms with Gasteiger partial charge in [0, 0.05) is 11.6 Å². The van der Waals surface area contributed by atoms with E-state index in [1.807, 2.05) is 22.9 Å². The number of benzene rings is 2. The van der Waals surface area contributed by atoms with E-state index in [4.69, 9.17) is 14.6 Å². The summed E-state index contributed by atoms with van der Waals surface area (Å²) < 4.78 is 25.7. The van der Waals surface area contributed by atoms with E-state index >= 15 is 0 Å². The smallest absolute Gasteiger partial charge is 0.307 e. The normalized spacial score (nSPS) is 10.2. The number of carbonyl (C=O) groups is 1. The number of rotatable bonds is 7. The van der Waals surface area contributed by atoms with E-state index in [-0.39, 0.29) is 22.6 Å². The molecule has 1 aromatic heterocycles. The zero-order valence-corrected chi connectivity index (χ0v) is 14.8. The number of nitriles is 1. The van der Waals surface area contributed by atoms with Crippen molar-refractivity contribution in [1.82, 2.24) is 0 Å². The molecule has 0 aliphatic carbocycles. The Morgan fingerprint density at radius 3 is 2.78 bits per heavy atom. The molecule has 0 unspecified atom stereocenters. The Balaban J connectivity index is 1.84. The van der Waals surface area contributed by atoms with Gasteiger partial charge in [-0.05, 0) is 40.6 Å². The quantitative estimate of drug-likeness (QED) is 0.636. The second kappa shape index (κ2) is 8.34. The minimum atomic E-state index is -1.15. The van der Waals surface area contributed by atoms with Crippen LogP contribution < -0.4 is 9.47 Å². The number of halogens is 1. The van der Waals surface area contributed by atoms with Crippen molar-refractivity contribution in [2.75, 3.05) is 0 Å². The van der Waals surface area contributed by atoms with Crippen molar-refractivity contribution in [3.8, 4) is 23.3 Å². The fourth-order valence-corrected chi connectivity index (χ4v) is 3.02. The first-order valence-electron chi connectivity index (χ1n) is 7.92. The number of nitrogens with zero attached hydrogens (tertiary/aromatic N) is 1. The first-order chi connectivity index (χ1) is 13.1. The Hall–Kier alpha value is -3.37. The molecule has 0 saturated carbocycles. The summed E-state index contributed by atoms with van der Waals surface area (Å²) in [4.78, 5) is 10.8. The van der Waals surface area contributed by atoms with Gasteiger partial charge < -0.3 is 14.6 Å². The van der Waals surface area contributed by atoms with Crippen molar-refractivity contribution in [1.29, 1.82) is 5.26 Å². The van der Waals surface area contributed by atoms with Gasteiger partial charge in [0.05, 0.1) is 12.0 Å². The van der Waals surface area contributed by atoms with Crippen LogP contribution in [-0.4, -0.2) is 11.1 Å². The predicted octanol–water partition coefficient (Wildman–Crippen LogP) is 4.76. The zero-order valence-electron chi connectivity index (χ0n) is 14.0. The van der Waals surface area contributed by atoms with Crippen LogP contribution in [-0.2, 0) is 17.8 Å². The third-order valence-corrected chi connectivity index (χ3v) is 4.40. The molecule has 0 fully saturated rings. The highest BCUT2D eigenvalue weighted by molar-refractivity contribution is 7.07. The molecule has 3 rings (SSSR count).